The first-order chi connectivity index (χ1) is 8.74. The molecule has 1 N–H and O–H groups in total. The lowest BCUT2D eigenvalue weighted by Gasteiger charge is -2.15. The molecule has 0 aromatic heterocycles. The molecule has 3 rings (SSSR count). The van der Waals surface area contributed by atoms with Crippen molar-refractivity contribution in [3.05, 3.63) is 63.9 Å². The van der Waals surface area contributed by atoms with E-state index in [4.69, 9.17) is 0 Å². The molecule has 1 unspecified atom stereocenters. The van der Waals surface area contributed by atoms with Gasteiger partial charge in [0.2, 0.25) is 0 Å². The second-order valence-corrected chi connectivity index (χ2v) is 5.42. The van der Waals surface area contributed by atoms with Gasteiger partial charge in [0.1, 0.15) is 5.82 Å². The molecule has 92 valence electrons. The number of aryl methyl sites for hydroxylation is 1. The molecule has 2 aromatic rings. The summed E-state index contributed by atoms with van der Waals surface area (Å²) >= 11 is 3.17. The van der Waals surface area contributed by atoms with Crippen LogP contribution >= 0.6 is 15.9 Å². The highest BCUT2D eigenvalue weighted by Gasteiger charge is 2.21. The van der Waals surface area contributed by atoms with Crippen LogP contribution in [0.1, 0.15) is 23.6 Å². The van der Waals surface area contributed by atoms with Crippen molar-refractivity contribution in [2.24, 2.45) is 0 Å². The number of hydrogen-bond acceptors (Lipinski definition) is 1. The number of fused-ring (bicyclic) bond motifs is 1. The molecule has 1 aliphatic rings. The smallest absolute Gasteiger partial charge is 0.139 e. The Labute approximate surface area is 114 Å². The third-order valence-electron chi connectivity index (χ3n) is 3.39. The van der Waals surface area contributed by atoms with Crippen molar-refractivity contribution in [3.8, 4) is 0 Å². The minimum Gasteiger partial charge on any atom is -0.378 e. The van der Waals surface area contributed by atoms with E-state index in [-0.39, 0.29) is 5.82 Å². The van der Waals surface area contributed by atoms with Crippen LogP contribution in [0.25, 0.3) is 0 Å². The van der Waals surface area contributed by atoms with Crippen molar-refractivity contribution in [1.29, 1.82) is 0 Å². The van der Waals surface area contributed by atoms with Crippen LogP contribution in [0.3, 0.4) is 0 Å². The summed E-state index contributed by atoms with van der Waals surface area (Å²) in [6, 6.07) is 13.9. The van der Waals surface area contributed by atoms with Crippen LogP contribution < -0.4 is 5.32 Å². The van der Waals surface area contributed by atoms with Crippen LogP contribution in [0.2, 0.25) is 0 Å². The van der Waals surface area contributed by atoms with Crippen molar-refractivity contribution in [3.63, 3.8) is 0 Å². The molecule has 0 amide bonds. The molecular weight excluding hydrogens is 293 g/mol. The molecular formula is C15H13BrFN. The monoisotopic (exact) mass is 305 g/mol. The number of rotatable bonds is 2. The molecule has 0 spiro atoms. The third kappa shape index (κ3) is 2.15. The number of halogens is 2. The van der Waals surface area contributed by atoms with Crippen molar-refractivity contribution >= 4 is 21.6 Å². The fourth-order valence-corrected chi connectivity index (χ4v) is 2.74. The van der Waals surface area contributed by atoms with Crippen LogP contribution in [-0.2, 0) is 6.42 Å². The molecule has 0 radical (unpaired) electrons. The van der Waals surface area contributed by atoms with E-state index in [1.807, 2.05) is 6.07 Å². The van der Waals surface area contributed by atoms with Gasteiger partial charge in [0.05, 0.1) is 10.5 Å². The summed E-state index contributed by atoms with van der Waals surface area (Å²) in [5, 5.41) is 3.40. The van der Waals surface area contributed by atoms with Crippen molar-refractivity contribution in [2.45, 2.75) is 18.9 Å². The van der Waals surface area contributed by atoms with Gasteiger partial charge in [-0.3, -0.25) is 0 Å². The summed E-state index contributed by atoms with van der Waals surface area (Å²) < 4.78 is 14.0. The molecule has 0 aliphatic heterocycles. The number of hydrogen-bond donors (Lipinski definition) is 1. The SMILES string of the molecule is Fc1cc(NC2CCc3ccccc32)ccc1Br. The Morgan fingerprint density at radius 3 is 2.83 bits per heavy atom. The zero-order valence-electron chi connectivity index (χ0n) is 9.79. The fourth-order valence-electron chi connectivity index (χ4n) is 2.49. The molecule has 1 aliphatic carbocycles. The van der Waals surface area contributed by atoms with Gasteiger partial charge >= 0.3 is 0 Å². The normalized spacial score (nSPS) is 17.6. The molecule has 3 heteroatoms. The van der Waals surface area contributed by atoms with Gasteiger partial charge in [-0.2, -0.15) is 0 Å². The third-order valence-corrected chi connectivity index (χ3v) is 4.04. The van der Waals surface area contributed by atoms with Crippen molar-refractivity contribution < 1.29 is 4.39 Å². The summed E-state index contributed by atoms with van der Waals surface area (Å²) in [5.74, 6) is -0.230. The minimum atomic E-state index is -0.230. The van der Waals surface area contributed by atoms with E-state index in [9.17, 15) is 4.39 Å². The molecule has 18 heavy (non-hydrogen) atoms. The lowest BCUT2D eigenvalue weighted by atomic mass is 10.1. The summed E-state index contributed by atoms with van der Waals surface area (Å²) in [4.78, 5) is 0. The maximum Gasteiger partial charge on any atom is 0.139 e. The van der Waals surface area contributed by atoms with Gasteiger partial charge < -0.3 is 5.32 Å². The van der Waals surface area contributed by atoms with Crippen LogP contribution in [-0.4, -0.2) is 0 Å². The van der Waals surface area contributed by atoms with Crippen molar-refractivity contribution in [1.82, 2.24) is 0 Å². The quantitative estimate of drug-likeness (QED) is 0.849. The fraction of sp³-hybridized carbons (Fsp3) is 0.200. The maximum absolute atomic E-state index is 13.5. The topological polar surface area (TPSA) is 12.0 Å². The van der Waals surface area contributed by atoms with E-state index < -0.39 is 0 Å². The highest BCUT2D eigenvalue weighted by atomic mass is 79.9. The van der Waals surface area contributed by atoms with E-state index in [0.29, 0.717) is 10.5 Å². The zero-order valence-corrected chi connectivity index (χ0v) is 11.4. The standard InChI is InChI=1S/C15H13BrFN/c16-13-7-6-11(9-14(13)17)18-15-8-5-10-3-1-2-4-12(10)15/h1-4,6-7,9,15,18H,5,8H2. The predicted molar refractivity (Wildman–Crippen MR) is 75.2 cm³/mol. The zero-order chi connectivity index (χ0) is 12.5. The molecule has 1 nitrogen and oxygen atoms in total. The largest absolute Gasteiger partial charge is 0.378 e. The Morgan fingerprint density at radius 2 is 2.00 bits per heavy atom. The Hall–Kier alpha value is -1.35. The molecule has 0 heterocycles. The van der Waals surface area contributed by atoms with Gasteiger partial charge in [0, 0.05) is 5.69 Å². The first-order valence-electron chi connectivity index (χ1n) is 6.03. The van der Waals surface area contributed by atoms with E-state index in [1.54, 1.807) is 6.07 Å². The van der Waals surface area contributed by atoms with Gasteiger partial charge in [-0.25, -0.2) is 4.39 Å². The second-order valence-electron chi connectivity index (χ2n) is 4.56. The number of nitrogens with one attached hydrogen (secondary N) is 1. The Kier molecular flexibility index (Phi) is 3.08. The number of benzene rings is 2. The van der Waals surface area contributed by atoms with Crippen LogP contribution in [0.15, 0.2) is 46.9 Å². The molecule has 0 fully saturated rings. The molecule has 2 aromatic carbocycles. The van der Waals surface area contributed by atoms with Gasteiger partial charge in [0.25, 0.3) is 0 Å². The van der Waals surface area contributed by atoms with E-state index in [1.165, 1.54) is 17.2 Å². The van der Waals surface area contributed by atoms with Crippen LogP contribution in [0, 0.1) is 5.82 Å². The average Bonchev–Trinajstić information content (AvgIpc) is 2.78. The van der Waals surface area contributed by atoms with Crippen molar-refractivity contribution in [2.75, 3.05) is 5.32 Å². The van der Waals surface area contributed by atoms with Gasteiger partial charge in [-0.1, -0.05) is 24.3 Å². The van der Waals surface area contributed by atoms with E-state index >= 15 is 0 Å². The highest BCUT2D eigenvalue weighted by Crippen LogP contribution is 2.34. The maximum atomic E-state index is 13.5. The number of anilines is 1. The summed E-state index contributed by atoms with van der Waals surface area (Å²) in [7, 11) is 0. The summed E-state index contributed by atoms with van der Waals surface area (Å²) in [5.41, 5.74) is 3.56. The van der Waals surface area contributed by atoms with Gasteiger partial charge in [-0.15, -0.1) is 0 Å². The average molecular weight is 306 g/mol. The lowest BCUT2D eigenvalue weighted by Crippen LogP contribution is -2.07. The summed E-state index contributed by atoms with van der Waals surface area (Å²) in [6.45, 7) is 0. The van der Waals surface area contributed by atoms with Gasteiger partial charge in [0.15, 0.2) is 0 Å². The predicted octanol–water partition coefficient (Wildman–Crippen LogP) is 4.69. The Balaban J connectivity index is 1.84. The minimum absolute atomic E-state index is 0.230. The highest BCUT2D eigenvalue weighted by molar-refractivity contribution is 9.10. The molecule has 0 bridgehead atoms. The molecule has 0 saturated carbocycles. The van der Waals surface area contributed by atoms with E-state index in [0.717, 1.165) is 18.5 Å². The second kappa shape index (κ2) is 4.73. The molecule has 0 saturated heterocycles. The summed E-state index contributed by atoms with van der Waals surface area (Å²) in [6.07, 6.45) is 2.16. The van der Waals surface area contributed by atoms with Gasteiger partial charge in [-0.05, 0) is 58.1 Å². The van der Waals surface area contributed by atoms with Crippen LogP contribution in [0.5, 0.6) is 0 Å². The first-order valence-corrected chi connectivity index (χ1v) is 6.83. The Morgan fingerprint density at radius 1 is 1.17 bits per heavy atom. The first kappa shape index (κ1) is 11.7. The van der Waals surface area contributed by atoms with E-state index in [2.05, 4.69) is 45.5 Å². The lowest BCUT2D eigenvalue weighted by molar-refractivity contribution is 0.621. The molecule has 1 atom stereocenters. The Bertz CT molecular complexity index is 582. The van der Waals surface area contributed by atoms with Crippen LogP contribution in [0.4, 0.5) is 10.1 Å².